The first-order chi connectivity index (χ1) is 7.90. The number of esters is 1. The number of ether oxygens (including phenoxy) is 2. The van der Waals surface area contributed by atoms with Gasteiger partial charge in [-0.05, 0) is 12.8 Å². The average Bonchev–Trinajstić information content (AvgIpc) is 2.30. The van der Waals surface area contributed by atoms with Crippen LogP contribution in [0.3, 0.4) is 0 Å². The van der Waals surface area contributed by atoms with Crippen molar-refractivity contribution in [3.8, 4) is 0 Å². The largest absolute Gasteiger partial charge is 0.464 e. The van der Waals surface area contributed by atoms with Crippen LogP contribution in [-0.2, 0) is 14.3 Å². The summed E-state index contributed by atoms with van der Waals surface area (Å²) < 4.78 is 9.82. The number of likely N-dealkylation sites (N-methyl/N-ethyl adjacent to an activating group) is 1. The SMILES string of the molecule is CC(C)COC(=O)C(C)N(C)C(=O)OCCCl. The van der Waals surface area contributed by atoms with Crippen molar-refractivity contribution in [2.24, 2.45) is 5.92 Å². The maximum atomic E-state index is 11.6. The first kappa shape index (κ1) is 16.0. The van der Waals surface area contributed by atoms with Crippen molar-refractivity contribution in [2.45, 2.75) is 26.8 Å². The molecule has 0 aliphatic carbocycles. The van der Waals surface area contributed by atoms with Crippen molar-refractivity contribution >= 4 is 23.7 Å². The molecule has 0 aromatic heterocycles. The van der Waals surface area contributed by atoms with Crippen LogP contribution >= 0.6 is 11.6 Å². The summed E-state index contributed by atoms with van der Waals surface area (Å²) in [7, 11) is 1.48. The molecule has 0 saturated carbocycles. The molecule has 0 spiro atoms. The molecule has 6 heteroatoms. The van der Waals surface area contributed by atoms with Crippen LogP contribution < -0.4 is 0 Å². The predicted octanol–water partition coefficient (Wildman–Crippen LogP) is 1.88. The molecule has 0 aliphatic heterocycles. The first-order valence-electron chi connectivity index (χ1n) is 5.52. The van der Waals surface area contributed by atoms with Crippen LogP contribution in [0.5, 0.6) is 0 Å². The summed E-state index contributed by atoms with van der Waals surface area (Å²) in [6.07, 6.45) is -0.584. The van der Waals surface area contributed by atoms with E-state index in [0.717, 1.165) is 0 Å². The monoisotopic (exact) mass is 265 g/mol. The molecule has 0 aromatic carbocycles. The van der Waals surface area contributed by atoms with Gasteiger partial charge in [0, 0.05) is 7.05 Å². The zero-order valence-corrected chi connectivity index (χ0v) is 11.5. The summed E-state index contributed by atoms with van der Waals surface area (Å²) in [6, 6.07) is -0.670. The third-order valence-corrected chi connectivity index (χ3v) is 2.23. The third-order valence-electron chi connectivity index (χ3n) is 2.07. The van der Waals surface area contributed by atoms with Gasteiger partial charge < -0.3 is 9.47 Å². The molecule has 100 valence electrons. The number of alkyl halides is 1. The van der Waals surface area contributed by atoms with E-state index in [4.69, 9.17) is 21.1 Å². The van der Waals surface area contributed by atoms with Crippen molar-refractivity contribution in [1.82, 2.24) is 4.90 Å². The van der Waals surface area contributed by atoms with Gasteiger partial charge in [0.15, 0.2) is 0 Å². The molecule has 0 bridgehead atoms. The molecule has 0 aliphatic rings. The van der Waals surface area contributed by atoms with E-state index in [1.807, 2.05) is 13.8 Å². The van der Waals surface area contributed by atoms with E-state index >= 15 is 0 Å². The third kappa shape index (κ3) is 6.36. The summed E-state index contributed by atoms with van der Waals surface area (Å²) >= 11 is 5.39. The summed E-state index contributed by atoms with van der Waals surface area (Å²) in [5, 5.41) is 0. The van der Waals surface area contributed by atoms with Gasteiger partial charge in [0.25, 0.3) is 0 Å². The van der Waals surface area contributed by atoms with Gasteiger partial charge in [0.2, 0.25) is 0 Å². The Labute approximate surface area is 107 Å². The zero-order chi connectivity index (χ0) is 13.4. The molecule has 1 atom stereocenters. The minimum atomic E-state index is -0.670. The van der Waals surface area contributed by atoms with Crippen LogP contribution in [0, 0.1) is 5.92 Å². The standard InChI is InChI=1S/C11H20ClNO4/c1-8(2)7-17-10(14)9(3)13(4)11(15)16-6-5-12/h8-9H,5-7H2,1-4H3. The Morgan fingerprint density at radius 2 is 1.82 bits per heavy atom. The van der Waals surface area contributed by atoms with Crippen LogP contribution in [0.2, 0.25) is 0 Å². The number of hydrogen-bond acceptors (Lipinski definition) is 4. The fourth-order valence-electron chi connectivity index (χ4n) is 0.913. The number of halogens is 1. The molecule has 0 N–H and O–H groups in total. The smallest absolute Gasteiger partial charge is 0.410 e. The summed E-state index contributed by atoms with van der Waals surface area (Å²) in [4.78, 5) is 24.2. The molecular weight excluding hydrogens is 246 g/mol. The number of hydrogen-bond donors (Lipinski definition) is 0. The molecule has 1 unspecified atom stereocenters. The van der Waals surface area contributed by atoms with Gasteiger partial charge in [-0.1, -0.05) is 13.8 Å². The number of carbonyl (C=O) groups excluding carboxylic acids is 2. The van der Waals surface area contributed by atoms with Crippen molar-refractivity contribution in [3.05, 3.63) is 0 Å². The number of nitrogens with zero attached hydrogens (tertiary/aromatic N) is 1. The van der Waals surface area contributed by atoms with Gasteiger partial charge >= 0.3 is 12.1 Å². The highest BCUT2D eigenvalue weighted by atomic mass is 35.5. The van der Waals surface area contributed by atoms with E-state index in [1.54, 1.807) is 6.92 Å². The van der Waals surface area contributed by atoms with E-state index in [9.17, 15) is 9.59 Å². The van der Waals surface area contributed by atoms with Crippen molar-refractivity contribution in [2.75, 3.05) is 26.1 Å². The second-order valence-corrected chi connectivity index (χ2v) is 4.49. The van der Waals surface area contributed by atoms with E-state index in [2.05, 4.69) is 0 Å². The van der Waals surface area contributed by atoms with Crippen LogP contribution in [0.1, 0.15) is 20.8 Å². The van der Waals surface area contributed by atoms with E-state index < -0.39 is 18.1 Å². The minimum Gasteiger partial charge on any atom is -0.464 e. The Morgan fingerprint density at radius 1 is 1.24 bits per heavy atom. The van der Waals surface area contributed by atoms with Gasteiger partial charge in [-0.3, -0.25) is 4.90 Å². The second-order valence-electron chi connectivity index (χ2n) is 4.11. The highest BCUT2D eigenvalue weighted by molar-refractivity contribution is 6.18. The second kappa shape index (κ2) is 8.17. The Hall–Kier alpha value is -0.970. The van der Waals surface area contributed by atoms with Crippen molar-refractivity contribution in [3.63, 3.8) is 0 Å². The van der Waals surface area contributed by atoms with Crippen molar-refractivity contribution in [1.29, 1.82) is 0 Å². The molecule has 0 rings (SSSR count). The lowest BCUT2D eigenvalue weighted by atomic mass is 10.2. The fourth-order valence-corrected chi connectivity index (χ4v) is 0.990. The minimum absolute atomic E-state index is 0.124. The zero-order valence-electron chi connectivity index (χ0n) is 10.7. The number of amides is 1. The Balaban J connectivity index is 4.14. The molecule has 5 nitrogen and oxygen atoms in total. The molecule has 0 aromatic rings. The van der Waals surface area contributed by atoms with Crippen LogP contribution in [0.15, 0.2) is 0 Å². The maximum Gasteiger partial charge on any atom is 0.410 e. The summed E-state index contributed by atoms with van der Waals surface area (Å²) in [5.41, 5.74) is 0. The lowest BCUT2D eigenvalue weighted by Gasteiger charge is -2.22. The Bertz CT molecular complexity index is 258. The van der Waals surface area contributed by atoms with Gasteiger partial charge in [-0.2, -0.15) is 0 Å². The maximum absolute atomic E-state index is 11.6. The highest BCUT2D eigenvalue weighted by Crippen LogP contribution is 2.03. The van der Waals surface area contributed by atoms with Crippen LogP contribution in [-0.4, -0.2) is 49.1 Å². The number of carbonyl (C=O) groups is 2. The van der Waals surface area contributed by atoms with E-state index in [0.29, 0.717) is 6.61 Å². The molecule has 0 fully saturated rings. The summed E-state index contributed by atoms with van der Waals surface area (Å²) in [6.45, 7) is 5.93. The Morgan fingerprint density at radius 3 is 2.29 bits per heavy atom. The number of rotatable bonds is 6. The fraction of sp³-hybridized carbons (Fsp3) is 0.818. The molecule has 0 radical (unpaired) electrons. The van der Waals surface area contributed by atoms with Crippen LogP contribution in [0.25, 0.3) is 0 Å². The molecular formula is C11H20ClNO4. The Kier molecular flexibility index (Phi) is 7.70. The van der Waals surface area contributed by atoms with E-state index in [1.165, 1.54) is 11.9 Å². The normalized spacial score (nSPS) is 12.1. The van der Waals surface area contributed by atoms with E-state index in [-0.39, 0.29) is 18.4 Å². The molecule has 0 saturated heterocycles. The lowest BCUT2D eigenvalue weighted by molar-refractivity contribution is -0.149. The molecule has 0 heterocycles. The van der Waals surface area contributed by atoms with Crippen molar-refractivity contribution < 1.29 is 19.1 Å². The summed E-state index contributed by atoms with van der Waals surface area (Å²) in [5.74, 6) is 0.0508. The van der Waals surface area contributed by atoms with Crippen LogP contribution in [0.4, 0.5) is 4.79 Å². The quantitative estimate of drug-likeness (QED) is 0.544. The van der Waals surface area contributed by atoms with Gasteiger partial charge in [-0.25, -0.2) is 9.59 Å². The molecule has 17 heavy (non-hydrogen) atoms. The topological polar surface area (TPSA) is 55.8 Å². The average molecular weight is 266 g/mol. The predicted molar refractivity (Wildman–Crippen MR) is 65.1 cm³/mol. The van der Waals surface area contributed by atoms with Gasteiger partial charge in [0.1, 0.15) is 12.6 Å². The highest BCUT2D eigenvalue weighted by Gasteiger charge is 2.24. The van der Waals surface area contributed by atoms with Gasteiger partial charge in [0.05, 0.1) is 12.5 Å². The lowest BCUT2D eigenvalue weighted by Crippen LogP contribution is -2.42. The van der Waals surface area contributed by atoms with Gasteiger partial charge in [-0.15, -0.1) is 11.6 Å². The molecule has 1 amide bonds. The first-order valence-corrected chi connectivity index (χ1v) is 6.05.